The van der Waals surface area contributed by atoms with E-state index in [2.05, 4.69) is 147 Å². The van der Waals surface area contributed by atoms with Crippen LogP contribution in [-0.2, 0) is 0 Å². The SMILES string of the molecule is Cc1cccc(-c2nc(-c3cccc(C)c3)nc(-c3cc(-c4ccc(-c5cc6ccccc6c6ccccc56)cc4)cc(-c4ncc5ccccc5n4)c3)n2)c1.S. The summed E-state index contributed by atoms with van der Waals surface area (Å²) in [5.41, 5.74) is 11.2. The standard InChI is InChI=1S/C51H35N5.H2S/c1-32-11-9-15-37(25-32)49-54-50(38-16-10-12-33(2)26-38)56-51(55-49)42-28-40(27-41(29-42)48-52-31-39-14-4-8-20-47(39)53-48)34-21-23-35(24-22-34)46-30-36-13-3-5-17-43(36)44-18-6-7-19-45(44)46;/h3-31H,1-2H3;1H2. The molecule has 0 fully saturated rings. The second-order valence-corrected chi connectivity index (χ2v) is 14.4. The Morgan fingerprint density at radius 1 is 0.333 bits per heavy atom. The van der Waals surface area contributed by atoms with Gasteiger partial charge in [0.15, 0.2) is 23.3 Å². The third-order valence-electron chi connectivity index (χ3n) is 10.4. The molecule has 8 aromatic carbocycles. The average Bonchev–Trinajstić information content (AvgIpc) is 3.25. The lowest BCUT2D eigenvalue weighted by molar-refractivity contribution is 1.07. The second kappa shape index (κ2) is 14.9. The van der Waals surface area contributed by atoms with Crippen LogP contribution in [0, 0.1) is 13.8 Å². The van der Waals surface area contributed by atoms with E-state index < -0.39 is 0 Å². The van der Waals surface area contributed by atoms with Gasteiger partial charge in [0.25, 0.3) is 0 Å². The molecule has 0 bridgehead atoms. The van der Waals surface area contributed by atoms with Gasteiger partial charge < -0.3 is 0 Å². The van der Waals surface area contributed by atoms with E-state index >= 15 is 0 Å². The first-order chi connectivity index (χ1) is 27.5. The summed E-state index contributed by atoms with van der Waals surface area (Å²) in [7, 11) is 0. The molecule has 57 heavy (non-hydrogen) atoms. The fraction of sp³-hybridized carbons (Fsp3) is 0.0392. The fourth-order valence-electron chi connectivity index (χ4n) is 7.63. The minimum atomic E-state index is 0. The third kappa shape index (κ3) is 6.92. The van der Waals surface area contributed by atoms with Gasteiger partial charge in [-0.1, -0.05) is 139 Å². The first-order valence-electron chi connectivity index (χ1n) is 18.8. The van der Waals surface area contributed by atoms with E-state index in [-0.39, 0.29) is 13.5 Å². The third-order valence-corrected chi connectivity index (χ3v) is 10.4. The van der Waals surface area contributed by atoms with Crippen molar-refractivity contribution in [3.63, 3.8) is 0 Å². The van der Waals surface area contributed by atoms with Gasteiger partial charge in [0.2, 0.25) is 0 Å². The van der Waals surface area contributed by atoms with Crippen LogP contribution in [0.5, 0.6) is 0 Å². The molecule has 2 heterocycles. The molecule has 0 aliphatic carbocycles. The zero-order valence-electron chi connectivity index (χ0n) is 31.5. The quantitative estimate of drug-likeness (QED) is 0.158. The molecule has 10 aromatic rings. The molecule has 0 aliphatic heterocycles. The van der Waals surface area contributed by atoms with Crippen molar-refractivity contribution < 1.29 is 0 Å². The molecule has 0 saturated heterocycles. The Kier molecular flexibility index (Phi) is 9.33. The molecule has 0 unspecified atom stereocenters. The van der Waals surface area contributed by atoms with Gasteiger partial charge in [0.1, 0.15) is 0 Å². The normalized spacial score (nSPS) is 11.2. The average molecular weight is 752 g/mol. The highest BCUT2D eigenvalue weighted by Crippen LogP contribution is 2.37. The predicted octanol–water partition coefficient (Wildman–Crippen LogP) is 12.9. The maximum Gasteiger partial charge on any atom is 0.164 e. The number of para-hydroxylation sites is 1. The van der Waals surface area contributed by atoms with Crippen molar-refractivity contribution in [2.24, 2.45) is 0 Å². The Bertz CT molecular complexity index is 3060. The van der Waals surface area contributed by atoms with Crippen molar-refractivity contribution in [3.8, 4) is 67.8 Å². The highest BCUT2D eigenvalue weighted by Gasteiger charge is 2.17. The van der Waals surface area contributed by atoms with E-state index in [1.807, 2.05) is 42.6 Å². The minimum Gasteiger partial charge on any atom is -0.236 e. The molecule has 0 spiro atoms. The van der Waals surface area contributed by atoms with Gasteiger partial charge in [0, 0.05) is 33.8 Å². The van der Waals surface area contributed by atoms with Gasteiger partial charge in [-0.25, -0.2) is 24.9 Å². The molecule has 0 radical (unpaired) electrons. The van der Waals surface area contributed by atoms with Crippen molar-refractivity contribution in [2.75, 3.05) is 0 Å². The first-order valence-corrected chi connectivity index (χ1v) is 18.8. The molecule has 5 nitrogen and oxygen atoms in total. The van der Waals surface area contributed by atoms with Crippen LogP contribution in [0.15, 0.2) is 176 Å². The molecular weight excluding hydrogens is 715 g/mol. The lowest BCUT2D eigenvalue weighted by Gasteiger charge is -2.14. The molecule has 6 heteroatoms. The molecule has 2 aromatic heterocycles. The molecular formula is C51H37N5S. The Labute approximate surface area is 338 Å². The Morgan fingerprint density at radius 3 is 1.53 bits per heavy atom. The van der Waals surface area contributed by atoms with Crippen molar-refractivity contribution in [3.05, 3.63) is 187 Å². The number of rotatable bonds is 6. The van der Waals surface area contributed by atoms with Crippen LogP contribution in [0.1, 0.15) is 11.1 Å². The molecule has 0 atom stereocenters. The maximum atomic E-state index is 5.13. The topological polar surface area (TPSA) is 64.5 Å². The maximum absolute atomic E-state index is 5.13. The van der Waals surface area contributed by atoms with Crippen molar-refractivity contribution in [1.82, 2.24) is 24.9 Å². The number of benzene rings is 8. The molecule has 0 aliphatic rings. The van der Waals surface area contributed by atoms with E-state index in [0.717, 1.165) is 61.0 Å². The molecule has 0 saturated carbocycles. The van der Waals surface area contributed by atoms with Crippen molar-refractivity contribution in [1.29, 1.82) is 0 Å². The van der Waals surface area contributed by atoms with Crippen LogP contribution >= 0.6 is 13.5 Å². The van der Waals surface area contributed by atoms with Crippen LogP contribution < -0.4 is 0 Å². The lowest BCUT2D eigenvalue weighted by Crippen LogP contribution is -2.01. The lowest BCUT2D eigenvalue weighted by atomic mass is 9.92. The summed E-state index contributed by atoms with van der Waals surface area (Å²) in [6, 6.07) is 59.5. The van der Waals surface area contributed by atoms with Crippen molar-refractivity contribution in [2.45, 2.75) is 13.8 Å². The van der Waals surface area contributed by atoms with Gasteiger partial charge in [0.05, 0.1) is 5.52 Å². The van der Waals surface area contributed by atoms with Crippen LogP contribution in [0.3, 0.4) is 0 Å². The van der Waals surface area contributed by atoms with Crippen LogP contribution in [0.2, 0.25) is 0 Å². The zero-order valence-corrected chi connectivity index (χ0v) is 32.5. The summed E-state index contributed by atoms with van der Waals surface area (Å²) in [6.07, 6.45) is 1.89. The fourth-order valence-corrected chi connectivity index (χ4v) is 7.63. The van der Waals surface area contributed by atoms with E-state index in [0.29, 0.717) is 23.3 Å². The van der Waals surface area contributed by atoms with E-state index in [9.17, 15) is 0 Å². The van der Waals surface area contributed by atoms with Gasteiger partial charge in [-0.15, -0.1) is 0 Å². The van der Waals surface area contributed by atoms with Gasteiger partial charge >= 0.3 is 0 Å². The number of aromatic nitrogens is 5. The minimum absolute atomic E-state index is 0. The summed E-state index contributed by atoms with van der Waals surface area (Å²) in [6.45, 7) is 4.17. The van der Waals surface area contributed by atoms with Gasteiger partial charge in [-0.2, -0.15) is 13.5 Å². The molecule has 272 valence electrons. The second-order valence-electron chi connectivity index (χ2n) is 14.4. The van der Waals surface area contributed by atoms with Crippen LogP contribution in [0.4, 0.5) is 0 Å². The summed E-state index contributed by atoms with van der Waals surface area (Å²) in [4.78, 5) is 25.1. The first kappa shape index (κ1) is 35.7. The summed E-state index contributed by atoms with van der Waals surface area (Å²) >= 11 is 0. The van der Waals surface area contributed by atoms with Gasteiger partial charge in [-0.05, 0) is 100 Å². The zero-order chi connectivity index (χ0) is 37.6. The number of hydrogen-bond donors (Lipinski definition) is 0. The summed E-state index contributed by atoms with van der Waals surface area (Å²) < 4.78 is 0. The van der Waals surface area contributed by atoms with Gasteiger partial charge in [-0.3, -0.25) is 0 Å². The van der Waals surface area contributed by atoms with E-state index in [4.69, 9.17) is 24.9 Å². The Morgan fingerprint density at radius 2 is 0.860 bits per heavy atom. The number of hydrogen-bond acceptors (Lipinski definition) is 5. The molecule has 0 amide bonds. The highest BCUT2D eigenvalue weighted by molar-refractivity contribution is 7.59. The smallest absolute Gasteiger partial charge is 0.164 e. The number of nitrogens with zero attached hydrogens (tertiary/aromatic N) is 5. The monoisotopic (exact) mass is 751 g/mol. The molecule has 10 rings (SSSR count). The molecule has 0 N–H and O–H groups in total. The number of fused-ring (bicyclic) bond motifs is 4. The van der Waals surface area contributed by atoms with Crippen LogP contribution in [-0.4, -0.2) is 24.9 Å². The van der Waals surface area contributed by atoms with E-state index in [1.54, 1.807) is 0 Å². The van der Waals surface area contributed by atoms with Crippen molar-refractivity contribution >= 4 is 45.9 Å². The summed E-state index contributed by atoms with van der Waals surface area (Å²) in [5.74, 6) is 2.46. The largest absolute Gasteiger partial charge is 0.236 e. The summed E-state index contributed by atoms with van der Waals surface area (Å²) in [5, 5.41) is 5.97. The Balaban J connectivity index is 0.00000422. The van der Waals surface area contributed by atoms with E-state index in [1.165, 1.54) is 27.1 Å². The number of aryl methyl sites for hydroxylation is 2. The highest BCUT2D eigenvalue weighted by atomic mass is 32.1. The Hall–Kier alpha value is -7.02. The van der Waals surface area contributed by atoms with Crippen LogP contribution in [0.25, 0.3) is 100 Å². The predicted molar refractivity (Wildman–Crippen MR) is 240 cm³/mol.